The number of rotatable bonds is 10. The van der Waals surface area contributed by atoms with Crippen molar-refractivity contribution in [2.45, 2.75) is 40.0 Å². The SMILES string of the molecule is CCOC(=O)c1nc(-c2ccc(Cl)cc2Cl)n(-c2ccc(Br)cc2)c1C.Cc1c(C(=O)NN2CCCCC2)nc(-c2ccc(Cl)cc2Cl)n1-c1ccc(Br)cc1.N#Cc1ccc(Cl)cc1Cl.NC(=Nc1ccc(Br)cc1)c1ccc(Cl)cc1Cl.Nc1ccc(Br)cc1. The Hall–Kier alpha value is -5.92. The second-order valence-corrected chi connectivity index (χ2v) is 26.7. The fourth-order valence-corrected chi connectivity index (χ4v) is 11.8. The molecule has 0 saturated carbocycles. The molecule has 10 aromatic rings. The Morgan fingerprint density at radius 2 is 0.978 bits per heavy atom. The topological polar surface area (TPSA) is 182 Å². The number of nitriles is 1. The van der Waals surface area contributed by atoms with Crippen molar-refractivity contribution >= 4 is 186 Å². The average Bonchev–Trinajstić information content (AvgIpc) is 1.63. The van der Waals surface area contributed by atoms with Crippen LogP contribution in [0.4, 0.5) is 11.4 Å². The van der Waals surface area contributed by atoms with Gasteiger partial charge in [0.05, 0.1) is 49.3 Å². The van der Waals surface area contributed by atoms with E-state index in [2.05, 4.69) is 79.1 Å². The van der Waals surface area contributed by atoms with Crippen LogP contribution >= 0.6 is 157 Å². The molecule has 1 amide bonds. The number of hydrazine groups is 1. The maximum absolute atomic E-state index is 13.1. The molecule has 25 heteroatoms. The molecule has 474 valence electrons. The van der Waals surface area contributed by atoms with E-state index in [9.17, 15) is 9.59 Å². The van der Waals surface area contributed by atoms with Crippen LogP contribution in [0.25, 0.3) is 34.2 Å². The fraction of sp³-hybridized carbons (Fsp3) is 0.134. The van der Waals surface area contributed by atoms with Gasteiger partial charge in [0.2, 0.25) is 0 Å². The number of halogens is 12. The van der Waals surface area contributed by atoms with Crippen LogP contribution < -0.4 is 16.9 Å². The summed E-state index contributed by atoms with van der Waals surface area (Å²) >= 11 is 61.6. The number of nitrogens with one attached hydrogen (secondary N) is 1. The van der Waals surface area contributed by atoms with E-state index in [0.717, 1.165) is 72.3 Å². The second-order valence-electron chi connectivity index (χ2n) is 19.7. The van der Waals surface area contributed by atoms with Gasteiger partial charge in [-0.1, -0.05) is 163 Å². The summed E-state index contributed by atoms with van der Waals surface area (Å²) in [6.45, 7) is 7.47. The predicted octanol–water partition coefficient (Wildman–Crippen LogP) is 21.8. The van der Waals surface area contributed by atoms with Crippen molar-refractivity contribution in [1.29, 1.82) is 5.26 Å². The van der Waals surface area contributed by atoms with Crippen LogP contribution in [0.2, 0.25) is 40.2 Å². The van der Waals surface area contributed by atoms with Crippen LogP contribution in [0.15, 0.2) is 193 Å². The Labute approximate surface area is 607 Å². The fourth-order valence-electron chi connectivity index (χ4n) is 8.78. The van der Waals surface area contributed by atoms with E-state index in [1.165, 1.54) is 6.42 Å². The number of anilines is 1. The molecule has 3 heterocycles. The number of esters is 1. The maximum Gasteiger partial charge on any atom is 0.358 e. The number of aromatic nitrogens is 4. The minimum absolute atomic E-state index is 0.211. The number of piperidine rings is 1. The minimum atomic E-state index is -0.466. The first-order valence-electron chi connectivity index (χ1n) is 27.7. The third-order valence-electron chi connectivity index (χ3n) is 13.2. The number of nitrogen functional groups attached to an aromatic ring is 1. The number of hydrogen-bond donors (Lipinski definition) is 3. The number of aliphatic imine (C=N–C) groups is 1. The van der Waals surface area contributed by atoms with Gasteiger partial charge in [-0.15, -0.1) is 0 Å². The molecule has 1 fully saturated rings. The van der Waals surface area contributed by atoms with Gasteiger partial charge >= 0.3 is 5.97 Å². The van der Waals surface area contributed by atoms with E-state index in [-0.39, 0.29) is 18.2 Å². The quantitative estimate of drug-likeness (QED) is 0.0519. The number of carbonyl (C=O) groups excluding carboxylic acids is 2. The summed E-state index contributed by atoms with van der Waals surface area (Å²) in [6, 6.07) is 52.9. The number of amidine groups is 1. The summed E-state index contributed by atoms with van der Waals surface area (Å²) in [4.78, 5) is 39.0. The average molecular weight is 1650 g/mol. The Morgan fingerprint density at radius 1 is 0.565 bits per heavy atom. The van der Waals surface area contributed by atoms with Gasteiger partial charge in [0.25, 0.3) is 5.91 Å². The van der Waals surface area contributed by atoms with E-state index >= 15 is 0 Å². The smallest absolute Gasteiger partial charge is 0.358 e. The summed E-state index contributed by atoms with van der Waals surface area (Å²) in [5.74, 6) is 0.831. The van der Waals surface area contributed by atoms with Crippen molar-refractivity contribution in [2.24, 2.45) is 10.7 Å². The lowest BCUT2D eigenvalue weighted by Gasteiger charge is -2.26. The van der Waals surface area contributed by atoms with Crippen LogP contribution in [0.5, 0.6) is 0 Å². The van der Waals surface area contributed by atoms with E-state index < -0.39 is 5.97 Å². The minimum Gasteiger partial charge on any atom is -0.461 e. The largest absolute Gasteiger partial charge is 0.461 e. The highest BCUT2D eigenvalue weighted by Gasteiger charge is 2.26. The third-order valence-corrected chi connectivity index (χ3v) is 17.5. The standard InChI is InChI=1S/C22H21BrCl2N4O.C19H15BrCl2N2O2.C13H9BrCl2N2.C7H3Cl2N.C6H6BrN/c1-14-20(22(30)27-28-11-3-2-4-12-28)26-21(18-10-7-16(24)13-19(18)25)29(14)17-8-5-15(23)6-9-17;1-3-26-19(25)17-11(2)24(14-7-4-12(20)5-8-14)18(23-17)15-9-6-13(21)10-16(15)22;14-8-1-4-10(5-2-8)18-13(17)11-6-3-9(15)7-12(11)16;8-6-2-1-5(4-10)7(9)3-6;7-5-1-3-6(8)4-2-5/h5-10,13H,2-4,11-12H2,1H3,(H,27,30);4-10H,3H2,1-2H3;1-7H,(H2,17,18);1-3H;1-4H,8H2. The number of imidazole rings is 2. The molecule has 1 aliphatic rings. The van der Waals surface area contributed by atoms with Crippen molar-refractivity contribution in [2.75, 3.05) is 25.4 Å². The van der Waals surface area contributed by atoms with Crippen molar-refractivity contribution < 1.29 is 14.3 Å². The van der Waals surface area contributed by atoms with Gasteiger partial charge in [0.1, 0.15) is 23.6 Å². The van der Waals surface area contributed by atoms with E-state index in [4.69, 9.17) is 119 Å². The second kappa shape index (κ2) is 35.5. The summed E-state index contributed by atoms with van der Waals surface area (Å²) < 4.78 is 13.0. The molecule has 0 radical (unpaired) electrons. The van der Waals surface area contributed by atoms with Gasteiger partial charge in [-0.05, 0) is 203 Å². The Morgan fingerprint density at radius 3 is 1.41 bits per heavy atom. The molecule has 13 nitrogen and oxygen atoms in total. The van der Waals surface area contributed by atoms with E-state index in [0.29, 0.717) is 91.3 Å². The molecule has 92 heavy (non-hydrogen) atoms. The van der Waals surface area contributed by atoms with Gasteiger partial charge < -0.3 is 16.2 Å². The number of hydrogen-bond acceptors (Lipinski definition) is 9. The molecule has 0 atom stereocenters. The van der Waals surface area contributed by atoms with Crippen molar-refractivity contribution in [3.05, 3.63) is 262 Å². The number of nitrogens with zero attached hydrogens (tertiary/aromatic N) is 7. The number of benzene rings is 8. The zero-order chi connectivity index (χ0) is 66.8. The lowest BCUT2D eigenvalue weighted by Crippen LogP contribution is -2.45. The van der Waals surface area contributed by atoms with Crippen LogP contribution in [0.1, 0.15) is 69.7 Å². The summed E-state index contributed by atoms with van der Waals surface area (Å²) in [7, 11) is 0. The van der Waals surface area contributed by atoms with Gasteiger partial charge in [-0.3, -0.25) is 19.4 Å². The predicted molar refractivity (Wildman–Crippen MR) is 392 cm³/mol. The highest BCUT2D eigenvalue weighted by atomic mass is 79.9. The normalized spacial score (nSPS) is 11.9. The van der Waals surface area contributed by atoms with Gasteiger partial charge in [0, 0.05) is 84.8 Å². The molecule has 0 bridgehead atoms. The zero-order valence-electron chi connectivity index (χ0n) is 49.0. The number of nitrogens with two attached hydrogens (primary N) is 2. The van der Waals surface area contributed by atoms with Crippen molar-refractivity contribution in [1.82, 2.24) is 29.5 Å². The Bertz CT molecular complexity index is 4260. The van der Waals surface area contributed by atoms with Crippen molar-refractivity contribution in [3.63, 3.8) is 0 Å². The van der Waals surface area contributed by atoms with Crippen LogP contribution in [-0.2, 0) is 4.74 Å². The molecule has 0 aliphatic carbocycles. The summed E-state index contributed by atoms with van der Waals surface area (Å²) in [5.41, 5.74) is 22.2. The maximum atomic E-state index is 13.1. The molecular formula is C67H54Br4Cl8N10O3. The van der Waals surface area contributed by atoms with Gasteiger partial charge in [0.15, 0.2) is 11.4 Å². The third kappa shape index (κ3) is 20.8. The van der Waals surface area contributed by atoms with Crippen molar-refractivity contribution in [3.8, 4) is 40.2 Å². The molecular weight excluding hydrogens is 1600 g/mol. The van der Waals surface area contributed by atoms with Gasteiger partial charge in [-0.2, -0.15) is 5.26 Å². The van der Waals surface area contributed by atoms with E-state index in [1.807, 2.05) is 137 Å². The molecule has 2 aromatic heterocycles. The van der Waals surface area contributed by atoms with Gasteiger partial charge in [-0.25, -0.2) is 24.8 Å². The summed E-state index contributed by atoms with van der Waals surface area (Å²) in [6.07, 6.45) is 3.36. The van der Waals surface area contributed by atoms with Crippen LogP contribution in [-0.4, -0.2) is 61.5 Å². The number of ether oxygens (including phenoxy) is 1. The first kappa shape index (κ1) is 73.5. The highest BCUT2D eigenvalue weighted by Crippen LogP contribution is 2.36. The molecule has 0 spiro atoms. The molecule has 1 saturated heterocycles. The van der Waals surface area contributed by atoms with E-state index in [1.54, 1.807) is 73.7 Å². The molecule has 5 N–H and O–H groups in total. The zero-order valence-corrected chi connectivity index (χ0v) is 61.3. The Balaban J connectivity index is 0.000000175. The number of amides is 1. The van der Waals surface area contributed by atoms with Crippen LogP contribution in [0.3, 0.4) is 0 Å². The lowest BCUT2D eigenvalue weighted by atomic mass is 10.2. The first-order chi connectivity index (χ1) is 43.9. The Kier molecular flexibility index (Phi) is 28.4. The summed E-state index contributed by atoms with van der Waals surface area (Å²) in [5, 5.41) is 14.4. The molecule has 11 rings (SSSR count). The monoisotopic (exact) mass is 1640 g/mol. The highest BCUT2D eigenvalue weighted by molar-refractivity contribution is 9.11. The van der Waals surface area contributed by atoms with Crippen LogP contribution in [0, 0.1) is 25.2 Å². The first-order valence-corrected chi connectivity index (χ1v) is 33.9. The number of carbonyl (C=O) groups is 2. The molecule has 0 unspecified atom stereocenters. The lowest BCUT2D eigenvalue weighted by molar-refractivity contribution is 0.0519. The molecule has 1 aliphatic heterocycles. The molecule has 8 aromatic carbocycles.